The molecule has 0 aliphatic rings. The van der Waals surface area contributed by atoms with Crippen LogP contribution in [0.1, 0.15) is 17.3 Å². The minimum atomic E-state index is 0.609. The van der Waals surface area contributed by atoms with Crippen LogP contribution in [0.5, 0.6) is 5.75 Å². The van der Waals surface area contributed by atoms with Crippen LogP contribution in [0.15, 0.2) is 42.5 Å². The molecule has 0 unspecified atom stereocenters. The van der Waals surface area contributed by atoms with Crippen molar-refractivity contribution in [1.82, 2.24) is 0 Å². The fourth-order valence-electron chi connectivity index (χ4n) is 1.80. The summed E-state index contributed by atoms with van der Waals surface area (Å²) in [4.78, 5) is 11.0. The summed E-state index contributed by atoms with van der Waals surface area (Å²) in [6, 6.07) is 12.8. The van der Waals surface area contributed by atoms with Crippen molar-refractivity contribution in [2.45, 2.75) is 6.92 Å². The van der Waals surface area contributed by atoms with E-state index < -0.39 is 0 Å². The van der Waals surface area contributed by atoms with Crippen molar-refractivity contribution in [2.75, 3.05) is 6.61 Å². The lowest BCUT2D eigenvalue weighted by molar-refractivity contribution is 0.112. The first-order valence-electron chi connectivity index (χ1n) is 5.72. The number of hydrogen-bond donors (Lipinski definition) is 0. The van der Waals surface area contributed by atoms with E-state index in [-0.39, 0.29) is 0 Å². The van der Waals surface area contributed by atoms with Crippen LogP contribution in [0.25, 0.3) is 11.1 Å². The predicted molar refractivity (Wildman–Crippen MR) is 73.4 cm³/mol. The highest BCUT2D eigenvalue weighted by molar-refractivity contribution is 6.31. The molecule has 0 heterocycles. The van der Waals surface area contributed by atoms with Gasteiger partial charge in [0.15, 0.2) is 6.29 Å². The molecule has 0 saturated carbocycles. The zero-order valence-corrected chi connectivity index (χ0v) is 10.8. The van der Waals surface area contributed by atoms with Crippen molar-refractivity contribution in [3.8, 4) is 16.9 Å². The molecular formula is C15H13ClO2. The molecule has 2 nitrogen and oxygen atoms in total. The van der Waals surface area contributed by atoms with E-state index in [1.807, 2.05) is 31.2 Å². The van der Waals surface area contributed by atoms with E-state index in [1.165, 1.54) is 0 Å². The fraction of sp³-hybridized carbons (Fsp3) is 0.133. The lowest BCUT2D eigenvalue weighted by atomic mass is 10.0. The summed E-state index contributed by atoms with van der Waals surface area (Å²) >= 11 is 5.98. The minimum Gasteiger partial charge on any atom is -0.494 e. The molecule has 0 bridgehead atoms. The molecule has 0 spiro atoms. The SMILES string of the molecule is CCOc1cccc(-c2cc(Cl)ccc2C=O)c1. The van der Waals surface area contributed by atoms with Gasteiger partial charge in [0.25, 0.3) is 0 Å². The Kier molecular flexibility index (Phi) is 4.00. The van der Waals surface area contributed by atoms with E-state index in [0.29, 0.717) is 17.2 Å². The maximum absolute atomic E-state index is 11.0. The molecule has 0 aromatic heterocycles. The van der Waals surface area contributed by atoms with Gasteiger partial charge in [-0.05, 0) is 48.4 Å². The third kappa shape index (κ3) is 2.71. The highest BCUT2D eigenvalue weighted by Crippen LogP contribution is 2.28. The van der Waals surface area contributed by atoms with Gasteiger partial charge in [0, 0.05) is 10.6 Å². The van der Waals surface area contributed by atoms with E-state index in [1.54, 1.807) is 18.2 Å². The second-order valence-corrected chi connectivity index (χ2v) is 4.25. The molecule has 0 aliphatic heterocycles. The molecule has 0 radical (unpaired) electrons. The van der Waals surface area contributed by atoms with Crippen molar-refractivity contribution in [3.63, 3.8) is 0 Å². The zero-order chi connectivity index (χ0) is 13.0. The summed E-state index contributed by atoms with van der Waals surface area (Å²) < 4.78 is 5.45. The minimum absolute atomic E-state index is 0.609. The van der Waals surface area contributed by atoms with Crippen molar-refractivity contribution >= 4 is 17.9 Å². The standard InChI is InChI=1S/C15H13ClO2/c1-2-18-14-5-3-4-11(8-14)15-9-13(16)7-6-12(15)10-17/h3-10H,2H2,1H3. The van der Waals surface area contributed by atoms with E-state index in [4.69, 9.17) is 16.3 Å². The third-order valence-corrected chi connectivity index (χ3v) is 2.83. The number of benzene rings is 2. The molecule has 0 fully saturated rings. The van der Waals surface area contributed by atoms with Gasteiger partial charge in [-0.15, -0.1) is 0 Å². The smallest absolute Gasteiger partial charge is 0.150 e. The number of halogens is 1. The Balaban J connectivity index is 2.50. The van der Waals surface area contributed by atoms with Crippen LogP contribution in [0.2, 0.25) is 5.02 Å². The number of ether oxygens (including phenoxy) is 1. The number of rotatable bonds is 4. The van der Waals surface area contributed by atoms with Gasteiger partial charge in [-0.25, -0.2) is 0 Å². The molecule has 92 valence electrons. The maximum atomic E-state index is 11.0. The molecule has 18 heavy (non-hydrogen) atoms. The molecule has 0 amide bonds. The Labute approximate surface area is 111 Å². The number of aldehydes is 1. The Morgan fingerprint density at radius 3 is 2.78 bits per heavy atom. The van der Waals surface area contributed by atoms with Gasteiger partial charge in [0.2, 0.25) is 0 Å². The summed E-state index contributed by atoms with van der Waals surface area (Å²) in [5, 5.41) is 0.609. The summed E-state index contributed by atoms with van der Waals surface area (Å²) in [5.41, 5.74) is 2.36. The maximum Gasteiger partial charge on any atom is 0.150 e. The third-order valence-electron chi connectivity index (χ3n) is 2.60. The number of hydrogen-bond acceptors (Lipinski definition) is 2. The predicted octanol–water partition coefficient (Wildman–Crippen LogP) is 4.22. The van der Waals surface area contributed by atoms with Crippen LogP contribution >= 0.6 is 11.6 Å². The molecule has 2 aromatic carbocycles. The second kappa shape index (κ2) is 5.69. The van der Waals surface area contributed by atoms with Gasteiger partial charge >= 0.3 is 0 Å². The van der Waals surface area contributed by atoms with Crippen LogP contribution in [-0.4, -0.2) is 12.9 Å². The first kappa shape index (κ1) is 12.7. The highest BCUT2D eigenvalue weighted by Gasteiger charge is 2.06. The first-order chi connectivity index (χ1) is 8.74. The van der Waals surface area contributed by atoms with Crippen LogP contribution in [0.3, 0.4) is 0 Å². The molecule has 0 atom stereocenters. The summed E-state index contributed by atoms with van der Waals surface area (Å²) in [6.07, 6.45) is 0.832. The molecule has 0 N–H and O–H groups in total. The molecule has 2 rings (SSSR count). The van der Waals surface area contributed by atoms with Gasteiger partial charge in [-0.3, -0.25) is 4.79 Å². The second-order valence-electron chi connectivity index (χ2n) is 3.81. The molecule has 3 heteroatoms. The van der Waals surface area contributed by atoms with Crippen LogP contribution < -0.4 is 4.74 Å². The Morgan fingerprint density at radius 1 is 1.22 bits per heavy atom. The average Bonchev–Trinajstić information content (AvgIpc) is 2.39. The van der Waals surface area contributed by atoms with Crippen LogP contribution in [0, 0.1) is 0 Å². The Morgan fingerprint density at radius 2 is 2.06 bits per heavy atom. The number of carbonyl (C=O) groups is 1. The normalized spacial score (nSPS) is 10.1. The van der Waals surface area contributed by atoms with Crippen molar-refractivity contribution < 1.29 is 9.53 Å². The first-order valence-corrected chi connectivity index (χ1v) is 6.10. The van der Waals surface area contributed by atoms with E-state index in [0.717, 1.165) is 23.2 Å². The van der Waals surface area contributed by atoms with Crippen molar-refractivity contribution in [3.05, 3.63) is 53.1 Å². The summed E-state index contributed by atoms with van der Waals surface area (Å²) in [6.45, 7) is 2.54. The molecule has 0 aliphatic carbocycles. The summed E-state index contributed by atoms with van der Waals surface area (Å²) in [7, 11) is 0. The largest absolute Gasteiger partial charge is 0.494 e. The number of carbonyl (C=O) groups excluding carboxylic acids is 1. The van der Waals surface area contributed by atoms with Gasteiger partial charge in [0.05, 0.1) is 6.61 Å². The van der Waals surface area contributed by atoms with Gasteiger partial charge in [-0.1, -0.05) is 23.7 Å². The zero-order valence-electron chi connectivity index (χ0n) is 10.0. The van der Waals surface area contributed by atoms with E-state index >= 15 is 0 Å². The highest BCUT2D eigenvalue weighted by atomic mass is 35.5. The van der Waals surface area contributed by atoms with Gasteiger partial charge in [-0.2, -0.15) is 0 Å². The van der Waals surface area contributed by atoms with Gasteiger partial charge in [0.1, 0.15) is 5.75 Å². The van der Waals surface area contributed by atoms with Crippen molar-refractivity contribution in [2.24, 2.45) is 0 Å². The quantitative estimate of drug-likeness (QED) is 0.770. The van der Waals surface area contributed by atoms with Crippen molar-refractivity contribution in [1.29, 1.82) is 0 Å². The summed E-state index contributed by atoms with van der Waals surface area (Å²) in [5.74, 6) is 0.784. The lowest BCUT2D eigenvalue weighted by Crippen LogP contribution is -1.92. The average molecular weight is 261 g/mol. The van der Waals surface area contributed by atoms with E-state index in [9.17, 15) is 4.79 Å². The molecule has 0 saturated heterocycles. The van der Waals surface area contributed by atoms with Crippen LogP contribution in [0.4, 0.5) is 0 Å². The fourth-order valence-corrected chi connectivity index (χ4v) is 1.97. The topological polar surface area (TPSA) is 26.3 Å². The Hall–Kier alpha value is -1.80. The monoisotopic (exact) mass is 260 g/mol. The van der Waals surface area contributed by atoms with Gasteiger partial charge < -0.3 is 4.74 Å². The van der Waals surface area contributed by atoms with E-state index in [2.05, 4.69) is 0 Å². The van der Waals surface area contributed by atoms with Crippen LogP contribution in [-0.2, 0) is 0 Å². The molecule has 2 aromatic rings. The Bertz CT molecular complexity index is 564. The molecular weight excluding hydrogens is 248 g/mol. The lowest BCUT2D eigenvalue weighted by Gasteiger charge is -2.08.